The van der Waals surface area contributed by atoms with E-state index in [1.165, 1.54) is 6.08 Å². The van der Waals surface area contributed by atoms with E-state index >= 15 is 0 Å². The van der Waals surface area contributed by atoms with Crippen molar-refractivity contribution in [1.82, 2.24) is 10.3 Å². The summed E-state index contributed by atoms with van der Waals surface area (Å²) in [5.74, 6) is 0.0946. The lowest BCUT2D eigenvalue weighted by Crippen LogP contribution is -2.17. The molecule has 0 unspecified atom stereocenters. The van der Waals surface area contributed by atoms with Crippen molar-refractivity contribution in [2.75, 3.05) is 12.4 Å². The van der Waals surface area contributed by atoms with Crippen LogP contribution in [0.15, 0.2) is 66.7 Å². The van der Waals surface area contributed by atoms with Crippen LogP contribution < -0.4 is 10.6 Å². The average Bonchev–Trinajstić information content (AvgIpc) is 2.66. The van der Waals surface area contributed by atoms with E-state index < -0.39 is 0 Å². The molecule has 0 saturated heterocycles. The number of carbonyl (C=O) groups is 2. The number of hydrogen-bond acceptors (Lipinski definition) is 3. The summed E-state index contributed by atoms with van der Waals surface area (Å²) in [5.41, 5.74) is 2.23. The zero-order chi connectivity index (χ0) is 17.6. The first-order chi connectivity index (χ1) is 12.2. The highest BCUT2D eigenvalue weighted by atomic mass is 16.2. The van der Waals surface area contributed by atoms with Gasteiger partial charge in [0.2, 0.25) is 5.91 Å². The number of nitrogens with zero attached hydrogens (tertiary/aromatic N) is 1. The average molecular weight is 331 g/mol. The Bertz CT molecular complexity index is 947. The number of benzene rings is 2. The number of hydrogen-bond donors (Lipinski definition) is 2. The van der Waals surface area contributed by atoms with Crippen molar-refractivity contribution in [3.8, 4) is 0 Å². The molecule has 1 aromatic heterocycles. The maximum atomic E-state index is 12.0. The summed E-state index contributed by atoms with van der Waals surface area (Å²) in [4.78, 5) is 27.9. The third kappa shape index (κ3) is 4.09. The summed E-state index contributed by atoms with van der Waals surface area (Å²) in [6, 6.07) is 18.4. The highest BCUT2D eigenvalue weighted by Gasteiger charge is 2.03. The van der Waals surface area contributed by atoms with Crippen LogP contribution in [0.3, 0.4) is 0 Å². The van der Waals surface area contributed by atoms with Crippen LogP contribution in [-0.4, -0.2) is 23.8 Å². The van der Waals surface area contributed by atoms with Gasteiger partial charge in [0.1, 0.15) is 5.82 Å². The largest absolute Gasteiger partial charge is 0.355 e. The maximum absolute atomic E-state index is 12.0. The molecule has 3 aromatic rings. The van der Waals surface area contributed by atoms with E-state index in [-0.39, 0.29) is 11.8 Å². The fraction of sp³-hybridized carbons (Fsp3) is 0.0500. The number of aromatic nitrogens is 1. The van der Waals surface area contributed by atoms with Gasteiger partial charge in [0.25, 0.3) is 5.91 Å². The van der Waals surface area contributed by atoms with Gasteiger partial charge in [0.15, 0.2) is 0 Å². The molecule has 0 aliphatic carbocycles. The molecule has 0 radical (unpaired) electrons. The molecule has 0 atom stereocenters. The minimum atomic E-state index is -0.266. The van der Waals surface area contributed by atoms with Crippen molar-refractivity contribution in [2.24, 2.45) is 0 Å². The van der Waals surface area contributed by atoms with E-state index in [4.69, 9.17) is 0 Å². The molecule has 0 aliphatic heterocycles. The first kappa shape index (κ1) is 16.4. The highest BCUT2D eigenvalue weighted by Crippen LogP contribution is 2.14. The Hall–Kier alpha value is -3.47. The van der Waals surface area contributed by atoms with Gasteiger partial charge >= 0.3 is 0 Å². The molecule has 0 saturated carbocycles. The zero-order valence-corrected chi connectivity index (χ0v) is 13.7. The molecule has 2 N–H and O–H groups in total. The van der Waals surface area contributed by atoms with Gasteiger partial charge in [-0.25, -0.2) is 4.98 Å². The van der Waals surface area contributed by atoms with Crippen molar-refractivity contribution in [3.63, 3.8) is 0 Å². The summed E-state index contributed by atoms with van der Waals surface area (Å²) in [6.07, 6.45) is 3.12. The molecule has 3 rings (SSSR count). The van der Waals surface area contributed by atoms with Crippen molar-refractivity contribution in [1.29, 1.82) is 0 Å². The van der Waals surface area contributed by atoms with Gasteiger partial charge in [-0.3, -0.25) is 9.59 Å². The quantitative estimate of drug-likeness (QED) is 0.721. The number of rotatable bonds is 4. The SMILES string of the molecule is CNC(=O)c1ccc(C=CC(=O)Nc2ccc3ccccc3n2)cc1. The lowest BCUT2D eigenvalue weighted by atomic mass is 10.1. The summed E-state index contributed by atoms with van der Waals surface area (Å²) in [6.45, 7) is 0. The third-order valence-electron chi connectivity index (χ3n) is 3.68. The number of amides is 2. The smallest absolute Gasteiger partial charge is 0.251 e. The van der Waals surface area contributed by atoms with Gasteiger partial charge < -0.3 is 10.6 Å². The Labute approximate surface area is 145 Å². The molecule has 2 aromatic carbocycles. The van der Waals surface area contributed by atoms with E-state index in [1.54, 1.807) is 43.5 Å². The fourth-order valence-electron chi connectivity index (χ4n) is 2.37. The summed E-state index contributed by atoms with van der Waals surface area (Å²) >= 11 is 0. The molecule has 5 heteroatoms. The second-order valence-electron chi connectivity index (χ2n) is 5.41. The van der Waals surface area contributed by atoms with E-state index in [1.807, 2.05) is 30.3 Å². The number of para-hydroxylation sites is 1. The summed E-state index contributed by atoms with van der Waals surface area (Å²) < 4.78 is 0. The first-order valence-electron chi connectivity index (χ1n) is 7.83. The number of pyridine rings is 1. The van der Waals surface area contributed by atoms with Gasteiger partial charge in [-0.2, -0.15) is 0 Å². The Balaban J connectivity index is 1.66. The predicted molar refractivity (Wildman–Crippen MR) is 99.2 cm³/mol. The first-order valence-corrected chi connectivity index (χ1v) is 7.83. The zero-order valence-electron chi connectivity index (χ0n) is 13.7. The van der Waals surface area contributed by atoms with Crippen molar-refractivity contribution in [3.05, 3.63) is 77.9 Å². The Morgan fingerprint density at radius 1 is 0.960 bits per heavy atom. The van der Waals surface area contributed by atoms with Crippen LogP contribution in [0.25, 0.3) is 17.0 Å². The molecule has 2 amide bonds. The predicted octanol–water partition coefficient (Wildman–Crippen LogP) is 3.25. The number of fused-ring (bicyclic) bond motifs is 1. The normalized spacial score (nSPS) is 10.8. The second kappa shape index (κ2) is 7.40. The van der Waals surface area contributed by atoms with E-state index in [2.05, 4.69) is 15.6 Å². The molecular formula is C20H17N3O2. The van der Waals surface area contributed by atoms with Crippen LogP contribution in [0, 0.1) is 0 Å². The molecule has 0 fully saturated rings. The molecule has 0 aliphatic rings. The van der Waals surface area contributed by atoms with Crippen LogP contribution >= 0.6 is 0 Å². The monoisotopic (exact) mass is 331 g/mol. The number of anilines is 1. The van der Waals surface area contributed by atoms with Crippen LogP contribution in [-0.2, 0) is 4.79 Å². The van der Waals surface area contributed by atoms with Crippen LogP contribution in [0.4, 0.5) is 5.82 Å². The molecule has 124 valence electrons. The molecule has 25 heavy (non-hydrogen) atoms. The summed E-state index contributed by atoms with van der Waals surface area (Å²) in [7, 11) is 1.58. The lowest BCUT2D eigenvalue weighted by molar-refractivity contribution is -0.111. The lowest BCUT2D eigenvalue weighted by Gasteiger charge is -2.03. The Morgan fingerprint density at radius 2 is 1.72 bits per heavy atom. The summed E-state index contributed by atoms with van der Waals surface area (Å²) in [5, 5.41) is 6.33. The van der Waals surface area contributed by atoms with Gasteiger partial charge in [0.05, 0.1) is 5.52 Å². The third-order valence-corrected chi connectivity index (χ3v) is 3.68. The molecule has 0 bridgehead atoms. The van der Waals surface area contributed by atoms with Crippen molar-refractivity contribution >= 4 is 34.6 Å². The minimum Gasteiger partial charge on any atom is -0.355 e. The molecule has 0 spiro atoms. The van der Waals surface area contributed by atoms with Crippen molar-refractivity contribution in [2.45, 2.75) is 0 Å². The second-order valence-corrected chi connectivity index (χ2v) is 5.41. The Morgan fingerprint density at radius 3 is 2.48 bits per heavy atom. The molecular weight excluding hydrogens is 314 g/mol. The van der Waals surface area contributed by atoms with Gasteiger partial charge in [-0.15, -0.1) is 0 Å². The van der Waals surface area contributed by atoms with Crippen LogP contribution in [0.2, 0.25) is 0 Å². The number of carbonyl (C=O) groups excluding carboxylic acids is 2. The molecule has 1 heterocycles. The Kier molecular flexibility index (Phi) is 4.85. The highest BCUT2D eigenvalue weighted by molar-refractivity contribution is 6.02. The van der Waals surface area contributed by atoms with E-state index in [0.717, 1.165) is 16.5 Å². The standard InChI is InChI=1S/C20H17N3O2/c1-21-20(25)16-9-6-14(7-10-16)8-13-19(24)23-18-12-11-15-4-2-3-5-17(15)22-18/h2-13H,1H3,(H,21,25)(H,22,23,24). The van der Waals surface area contributed by atoms with Gasteiger partial charge in [-0.1, -0.05) is 30.3 Å². The topological polar surface area (TPSA) is 71.1 Å². The van der Waals surface area contributed by atoms with E-state index in [9.17, 15) is 9.59 Å². The molecule has 5 nitrogen and oxygen atoms in total. The van der Waals surface area contributed by atoms with Crippen LogP contribution in [0.1, 0.15) is 15.9 Å². The number of nitrogens with one attached hydrogen (secondary N) is 2. The van der Waals surface area contributed by atoms with Gasteiger partial charge in [-0.05, 0) is 42.0 Å². The minimum absolute atomic E-state index is 0.143. The maximum Gasteiger partial charge on any atom is 0.251 e. The van der Waals surface area contributed by atoms with Gasteiger partial charge in [0, 0.05) is 24.1 Å². The van der Waals surface area contributed by atoms with Crippen molar-refractivity contribution < 1.29 is 9.59 Å². The van der Waals surface area contributed by atoms with E-state index in [0.29, 0.717) is 11.4 Å². The van der Waals surface area contributed by atoms with Crippen LogP contribution in [0.5, 0.6) is 0 Å². The fourth-order valence-corrected chi connectivity index (χ4v) is 2.37.